The van der Waals surface area contributed by atoms with Gasteiger partial charge < -0.3 is 9.47 Å². The Morgan fingerprint density at radius 3 is 2.48 bits per heavy atom. The van der Waals surface area contributed by atoms with Gasteiger partial charge in [0, 0.05) is 5.56 Å². The maximum absolute atomic E-state index is 12.4. The molecule has 0 radical (unpaired) electrons. The van der Waals surface area contributed by atoms with Gasteiger partial charge in [0.25, 0.3) is 0 Å². The molecule has 0 heterocycles. The van der Waals surface area contributed by atoms with E-state index >= 15 is 0 Å². The van der Waals surface area contributed by atoms with Crippen LogP contribution in [-0.4, -0.2) is 25.8 Å². The summed E-state index contributed by atoms with van der Waals surface area (Å²) in [5, 5.41) is 6.42. The monoisotopic (exact) mass is 362 g/mol. The Labute approximate surface area is 158 Å². The predicted molar refractivity (Wildman–Crippen MR) is 108 cm³/mol. The molecule has 0 aromatic heterocycles. The minimum Gasteiger partial charge on any atom is -0.493 e. The molecular formula is C22H22N2O3. The molecule has 0 aliphatic carbocycles. The zero-order chi connectivity index (χ0) is 19.2. The molecule has 138 valence electrons. The van der Waals surface area contributed by atoms with Gasteiger partial charge >= 0.3 is 0 Å². The van der Waals surface area contributed by atoms with Crippen LogP contribution in [-0.2, 0) is 11.2 Å². The van der Waals surface area contributed by atoms with Crippen LogP contribution in [0.15, 0.2) is 65.8 Å². The molecule has 0 aliphatic rings. The summed E-state index contributed by atoms with van der Waals surface area (Å²) >= 11 is 0. The summed E-state index contributed by atoms with van der Waals surface area (Å²) < 4.78 is 10.5. The second-order valence-corrected chi connectivity index (χ2v) is 6.12. The standard InChI is InChI=1S/C22H22N2O3/c1-15(17-11-12-20(26-2)21(13-17)27-3)23-24-22(25)14-18-9-6-8-16-7-4-5-10-19(16)18/h4-13H,14H2,1-3H3,(H,24,25). The third-order valence-electron chi connectivity index (χ3n) is 4.38. The molecular weight excluding hydrogens is 340 g/mol. The number of hydrogen-bond donors (Lipinski definition) is 1. The highest BCUT2D eigenvalue weighted by atomic mass is 16.5. The summed E-state index contributed by atoms with van der Waals surface area (Å²) in [5.74, 6) is 1.10. The van der Waals surface area contributed by atoms with Gasteiger partial charge in [-0.15, -0.1) is 0 Å². The fraction of sp³-hybridized carbons (Fsp3) is 0.182. The van der Waals surface area contributed by atoms with Crippen LogP contribution in [0.2, 0.25) is 0 Å². The van der Waals surface area contributed by atoms with E-state index in [1.54, 1.807) is 14.2 Å². The Hall–Kier alpha value is -3.34. The smallest absolute Gasteiger partial charge is 0.244 e. The average molecular weight is 362 g/mol. The van der Waals surface area contributed by atoms with Crippen molar-refractivity contribution in [3.8, 4) is 11.5 Å². The molecule has 3 aromatic carbocycles. The minimum absolute atomic E-state index is 0.161. The average Bonchev–Trinajstić information content (AvgIpc) is 2.71. The van der Waals surface area contributed by atoms with Crippen molar-refractivity contribution in [2.75, 3.05) is 14.2 Å². The molecule has 3 aromatic rings. The third-order valence-corrected chi connectivity index (χ3v) is 4.38. The van der Waals surface area contributed by atoms with Crippen molar-refractivity contribution in [3.63, 3.8) is 0 Å². The number of fused-ring (bicyclic) bond motifs is 1. The fourth-order valence-corrected chi connectivity index (χ4v) is 2.93. The highest BCUT2D eigenvalue weighted by Crippen LogP contribution is 2.27. The van der Waals surface area contributed by atoms with Crippen molar-refractivity contribution >= 4 is 22.4 Å². The van der Waals surface area contributed by atoms with Crippen LogP contribution in [0.3, 0.4) is 0 Å². The molecule has 1 N–H and O–H groups in total. The summed E-state index contributed by atoms with van der Waals surface area (Å²) in [6, 6.07) is 19.5. The van der Waals surface area contributed by atoms with E-state index in [0.29, 0.717) is 17.2 Å². The van der Waals surface area contributed by atoms with Gasteiger partial charge in [-0.2, -0.15) is 5.10 Å². The van der Waals surface area contributed by atoms with E-state index < -0.39 is 0 Å². The van der Waals surface area contributed by atoms with Crippen LogP contribution in [0.5, 0.6) is 11.5 Å². The van der Waals surface area contributed by atoms with Crippen LogP contribution < -0.4 is 14.9 Å². The van der Waals surface area contributed by atoms with Gasteiger partial charge in [-0.25, -0.2) is 5.43 Å². The van der Waals surface area contributed by atoms with Crippen LogP contribution in [0.4, 0.5) is 0 Å². The van der Waals surface area contributed by atoms with Crippen molar-refractivity contribution in [1.29, 1.82) is 0 Å². The van der Waals surface area contributed by atoms with Gasteiger partial charge in [0.05, 0.1) is 26.4 Å². The highest BCUT2D eigenvalue weighted by Gasteiger charge is 2.09. The van der Waals surface area contributed by atoms with E-state index in [-0.39, 0.29) is 12.3 Å². The Balaban J connectivity index is 1.72. The number of nitrogens with zero attached hydrogens (tertiary/aromatic N) is 1. The molecule has 0 unspecified atom stereocenters. The maximum Gasteiger partial charge on any atom is 0.244 e. The molecule has 0 saturated heterocycles. The van der Waals surface area contributed by atoms with Crippen molar-refractivity contribution in [1.82, 2.24) is 5.43 Å². The number of rotatable bonds is 6. The predicted octanol–water partition coefficient (Wildman–Crippen LogP) is 3.94. The zero-order valence-corrected chi connectivity index (χ0v) is 15.7. The van der Waals surface area contributed by atoms with Crippen molar-refractivity contribution in [3.05, 3.63) is 71.8 Å². The van der Waals surface area contributed by atoms with Gasteiger partial charge in [0.15, 0.2) is 11.5 Å². The lowest BCUT2D eigenvalue weighted by atomic mass is 10.0. The van der Waals surface area contributed by atoms with E-state index in [0.717, 1.165) is 21.9 Å². The zero-order valence-electron chi connectivity index (χ0n) is 15.7. The number of hydrogen-bond acceptors (Lipinski definition) is 4. The Kier molecular flexibility index (Phi) is 5.71. The normalized spacial score (nSPS) is 11.3. The maximum atomic E-state index is 12.4. The van der Waals surface area contributed by atoms with Gasteiger partial charge in [-0.1, -0.05) is 42.5 Å². The van der Waals surface area contributed by atoms with E-state index in [2.05, 4.69) is 10.5 Å². The lowest BCUT2D eigenvalue weighted by molar-refractivity contribution is -0.120. The number of benzene rings is 3. The Bertz CT molecular complexity index is 991. The first kappa shape index (κ1) is 18.5. The second-order valence-electron chi connectivity index (χ2n) is 6.12. The SMILES string of the molecule is COc1ccc(C(C)=NNC(=O)Cc2cccc3ccccc23)cc1OC. The molecule has 0 saturated carbocycles. The summed E-state index contributed by atoms with van der Waals surface area (Å²) in [6.45, 7) is 1.83. The molecule has 5 heteroatoms. The quantitative estimate of drug-likeness (QED) is 0.534. The first-order chi connectivity index (χ1) is 13.1. The molecule has 1 amide bonds. The van der Waals surface area contributed by atoms with Gasteiger partial charge in [-0.3, -0.25) is 4.79 Å². The summed E-state index contributed by atoms with van der Waals surface area (Å²) in [5.41, 5.74) is 5.14. The molecule has 3 rings (SSSR count). The van der Waals surface area contributed by atoms with Crippen molar-refractivity contribution in [2.45, 2.75) is 13.3 Å². The minimum atomic E-state index is -0.161. The highest BCUT2D eigenvalue weighted by molar-refractivity contribution is 6.00. The molecule has 0 spiro atoms. The first-order valence-corrected chi connectivity index (χ1v) is 8.64. The number of nitrogens with one attached hydrogen (secondary N) is 1. The number of carbonyl (C=O) groups excluding carboxylic acids is 1. The molecule has 0 fully saturated rings. The number of hydrazone groups is 1. The van der Waals surface area contributed by atoms with Gasteiger partial charge in [0.2, 0.25) is 5.91 Å². The van der Waals surface area contributed by atoms with Crippen LogP contribution in [0, 0.1) is 0 Å². The summed E-state index contributed by atoms with van der Waals surface area (Å²) in [7, 11) is 3.17. The molecule has 27 heavy (non-hydrogen) atoms. The Morgan fingerprint density at radius 2 is 1.70 bits per heavy atom. The Morgan fingerprint density at radius 1 is 0.963 bits per heavy atom. The third kappa shape index (κ3) is 4.26. The summed E-state index contributed by atoms with van der Waals surface area (Å²) in [6.07, 6.45) is 0.268. The lowest BCUT2D eigenvalue weighted by Gasteiger charge is -2.10. The molecule has 0 aliphatic heterocycles. The van der Waals surface area contributed by atoms with Crippen molar-refractivity contribution in [2.24, 2.45) is 5.10 Å². The van der Waals surface area contributed by atoms with E-state index in [1.165, 1.54) is 0 Å². The second kappa shape index (κ2) is 8.36. The number of carbonyl (C=O) groups is 1. The van der Waals surface area contributed by atoms with E-state index in [1.807, 2.05) is 67.6 Å². The van der Waals surface area contributed by atoms with E-state index in [9.17, 15) is 4.79 Å². The number of ether oxygens (including phenoxy) is 2. The van der Waals surface area contributed by atoms with Crippen LogP contribution in [0.25, 0.3) is 10.8 Å². The fourth-order valence-electron chi connectivity index (χ4n) is 2.93. The lowest BCUT2D eigenvalue weighted by Crippen LogP contribution is -2.21. The van der Waals surface area contributed by atoms with Gasteiger partial charge in [-0.05, 0) is 41.5 Å². The summed E-state index contributed by atoms with van der Waals surface area (Å²) in [4.78, 5) is 12.4. The van der Waals surface area contributed by atoms with Crippen molar-refractivity contribution < 1.29 is 14.3 Å². The molecule has 0 bridgehead atoms. The van der Waals surface area contributed by atoms with Crippen LogP contribution >= 0.6 is 0 Å². The molecule has 0 atom stereocenters. The van der Waals surface area contributed by atoms with E-state index in [4.69, 9.17) is 9.47 Å². The van der Waals surface area contributed by atoms with Crippen LogP contribution in [0.1, 0.15) is 18.1 Å². The largest absolute Gasteiger partial charge is 0.493 e. The van der Waals surface area contributed by atoms with Gasteiger partial charge in [0.1, 0.15) is 0 Å². The number of methoxy groups -OCH3 is 2. The number of amides is 1. The molecule has 5 nitrogen and oxygen atoms in total. The first-order valence-electron chi connectivity index (χ1n) is 8.64. The topological polar surface area (TPSA) is 59.9 Å².